The van der Waals surface area contributed by atoms with Crippen LogP contribution in [0.5, 0.6) is 0 Å². The number of hydrogen-bond acceptors (Lipinski definition) is 4. The van der Waals surface area contributed by atoms with Crippen LogP contribution in [0.2, 0.25) is 0 Å². The molecule has 1 fully saturated rings. The van der Waals surface area contributed by atoms with Crippen LogP contribution in [0.3, 0.4) is 0 Å². The van der Waals surface area contributed by atoms with E-state index in [1.807, 2.05) is 18.2 Å². The van der Waals surface area contributed by atoms with Crippen molar-refractivity contribution < 1.29 is 9.59 Å². The molecule has 0 spiro atoms. The summed E-state index contributed by atoms with van der Waals surface area (Å²) in [6, 6.07) is 5.59. The molecule has 2 rings (SSSR count). The molecular weight excluding hydrogens is 194 g/mol. The highest BCUT2D eigenvalue weighted by molar-refractivity contribution is 5.99. The summed E-state index contributed by atoms with van der Waals surface area (Å²) in [7, 11) is 0. The van der Waals surface area contributed by atoms with Gasteiger partial charge >= 0.3 is 0 Å². The monoisotopic (exact) mass is 205 g/mol. The summed E-state index contributed by atoms with van der Waals surface area (Å²) in [5, 5.41) is 2.26. The maximum Gasteiger partial charge on any atom is 0.240 e. The highest BCUT2D eigenvalue weighted by atomic mass is 16.2. The van der Waals surface area contributed by atoms with E-state index in [2.05, 4.69) is 10.3 Å². The molecule has 0 aromatic carbocycles. The lowest BCUT2D eigenvalue weighted by molar-refractivity contribution is -0.136. The summed E-state index contributed by atoms with van der Waals surface area (Å²) in [4.78, 5) is 28.1. The molecule has 1 aliphatic rings. The summed E-state index contributed by atoms with van der Waals surface area (Å²) in [6.45, 7) is 1.03. The van der Waals surface area contributed by atoms with Gasteiger partial charge in [0, 0.05) is 12.7 Å². The SMILES string of the molecule is O=C1CN(Cc2ccccn2)CC(=O)N1. The Labute approximate surface area is 87.1 Å². The normalized spacial score (nSPS) is 17.6. The molecule has 0 atom stereocenters. The number of aromatic nitrogens is 1. The Kier molecular flexibility index (Phi) is 2.73. The van der Waals surface area contributed by atoms with Crippen LogP contribution in [-0.2, 0) is 16.1 Å². The lowest BCUT2D eigenvalue weighted by atomic mass is 10.3. The van der Waals surface area contributed by atoms with Crippen LogP contribution in [0.4, 0.5) is 0 Å². The predicted molar refractivity (Wildman–Crippen MR) is 52.7 cm³/mol. The number of carbonyl (C=O) groups is 2. The highest BCUT2D eigenvalue weighted by Crippen LogP contribution is 2.02. The molecule has 78 valence electrons. The molecule has 0 bridgehead atoms. The second-order valence-corrected chi connectivity index (χ2v) is 3.44. The molecular formula is C10H11N3O2. The standard InChI is InChI=1S/C10H11N3O2/c14-9-6-13(7-10(15)12-9)5-8-3-1-2-4-11-8/h1-4H,5-7H2,(H,12,14,15). The number of carbonyl (C=O) groups excluding carboxylic acids is 2. The van der Waals surface area contributed by atoms with Crippen molar-refractivity contribution in [2.75, 3.05) is 13.1 Å². The minimum atomic E-state index is -0.248. The van der Waals surface area contributed by atoms with Gasteiger partial charge in [-0.05, 0) is 12.1 Å². The fraction of sp³-hybridized carbons (Fsp3) is 0.300. The third-order valence-corrected chi connectivity index (χ3v) is 2.13. The molecule has 1 saturated heterocycles. The van der Waals surface area contributed by atoms with E-state index in [-0.39, 0.29) is 24.9 Å². The van der Waals surface area contributed by atoms with E-state index in [9.17, 15) is 9.59 Å². The van der Waals surface area contributed by atoms with E-state index < -0.39 is 0 Å². The summed E-state index contributed by atoms with van der Waals surface area (Å²) < 4.78 is 0. The van der Waals surface area contributed by atoms with Crippen LogP contribution in [0, 0.1) is 0 Å². The molecule has 1 N–H and O–H groups in total. The number of pyridine rings is 1. The molecule has 1 aromatic heterocycles. The fourth-order valence-corrected chi connectivity index (χ4v) is 1.53. The average molecular weight is 205 g/mol. The number of hydrogen-bond donors (Lipinski definition) is 1. The average Bonchev–Trinajstić information content (AvgIpc) is 2.17. The zero-order valence-electron chi connectivity index (χ0n) is 8.14. The second-order valence-electron chi connectivity index (χ2n) is 3.44. The fourth-order valence-electron chi connectivity index (χ4n) is 1.53. The molecule has 0 saturated carbocycles. The van der Waals surface area contributed by atoms with Gasteiger partial charge in [-0.25, -0.2) is 0 Å². The second kappa shape index (κ2) is 4.18. The van der Waals surface area contributed by atoms with Crippen LogP contribution in [0.25, 0.3) is 0 Å². The van der Waals surface area contributed by atoms with Crippen molar-refractivity contribution in [3.05, 3.63) is 30.1 Å². The smallest absolute Gasteiger partial charge is 0.240 e. The number of nitrogens with zero attached hydrogens (tertiary/aromatic N) is 2. The van der Waals surface area contributed by atoms with Crippen molar-refractivity contribution in [3.63, 3.8) is 0 Å². The van der Waals surface area contributed by atoms with Crippen molar-refractivity contribution in [2.24, 2.45) is 0 Å². The Hall–Kier alpha value is -1.75. The number of piperazine rings is 1. The lowest BCUT2D eigenvalue weighted by Gasteiger charge is -2.24. The molecule has 0 unspecified atom stereocenters. The zero-order valence-corrected chi connectivity index (χ0v) is 8.14. The van der Waals surface area contributed by atoms with Gasteiger partial charge in [-0.15, -0.1) is 0 Å². The first-order valence-electron chi connectivity index (χ1n) is 4.69. The van der Waals surface area contributed by atoms with Crippen molar-refractivity contribution >= 4 is 11.8 Å². The van der Waals surface area contributed by atoms with E-state index in [1.165, 1.54) is 0 Å². The molecule has 15 heavy (non-hydrogen) atoms. The number of nitrogens with one attached hydrogen (secondary N) is 1. The van der Waals surface area contributed by atoms with Crippen LogP contribution >= 0.6 is 0 Å². The molecule has 2 heterocycles. The van der Waals surface area contributed by atoms with Crippen molar-refractivity contribution in [3.8, 4) is 0 Å². The van der Waals surface area contributed by atoms with Gasteiger partial charge in [0.05, 0.1) is 18.8 Å². The van der Waals surface area contributed by atoms with Gasteiger partial charge in [-0.3, -0.25) is 24.8 Å². The Morgan fingerprint density at radius 2 is 2.00 bits per heavy atom. The number of imide groups is 1. The van der Waals surface area contributed by atoms with Gasteiger partial charge in [0.15, 0.2) is 0 Å². The van der Waals surface area contributed by atoms with Crippen LogP contribution < -0.4 is 5.32 Å². The van der Waals surface area contributed by atoms with E-state index in [4.69, 9.17) is 0 Å². The van der Waals surface area contributed by atoms with Crippen molar-refractivity contribution in [1.29, 1.82) is 0 Å². The first-order chi connectivity index (χ1) is 7.24. The van der Waals surface area contributed by atoms with E-state index in [0.29, 0.717) is 6.54 Å². The summed E-state index contributed by atoms with van der Waals surface area (Å²) in [5.41, 5.74) is 0.861. The quantitative estimate of drug-likeness (QED) is 0.664. The van der Waals surface area contributed by atoms with Gasteiger partial charge < -0.3 is 0 Å². The molecule has 1 aromatic rings. The van der Waals surface area contributed by atoms with Gasteiger partial charge in [-0.2, -0.15) is 0 Å². The Morgan fingerprint density at radius 1 is 1.27 bits per heavy atom. The maximum atomic E-state index is 11.1. The highest BCUT2D eigenvalue weighted by Gasteiger charge is 2.22. The first kappa shape index (κ1) is 9.79. The molecule has 1 aliphatic heterocycles. The summed E-state index contributed by atoms with van der Waals surface area (Å²) in [5.74, 6) is -0.496. The minimum Gasteiger partial charge on any atom is -0.294 e. The van der Waals surface area contributed by atoms with E-state index >= 15 is 0 Å². The van der Waals surface area contributed by atoms with Gasteiger partial charge in [0.1, 0.15) is 0 Å². The first-order valence-corrected chi connectivity index (χ1v) is 4.69. The van der Waals surface area contributed by atoms with Gasteiger partial charge in [-0.1, -0.05) is 6.07 Å². The molecule has 2 amide bonds. The molecule has 5 nitrogen and oxygen atoms in total. The number of amides is 2. The Morgan fingerprint density at radius 3 is 2.60 bits per heavy atom. The van der Waals surface area contributed by atoms with Gasteiger partial charge in [0.25, 0.3) is 0 Å². The maximum absolute atomic E-state index is 11.1. The van der Waals surface area contributed by atoms with E-state index in [0.717, 1.165) is 5.69 Å². The van der Waals surface area contributed by atoms with E-state index in [1.54, 1.807) is 11.1 Å². The lowest BCUT2D eigenvalue weighted by Crippen LogP contribution is -2.50. The third-order valence-electron chi connectivity index (χ3n) is 2.13. The zero-order chi connectivity index (χ0) is 10.7. The van der Waals surface area contributed by atoms with Crippen LogP contribution in [0.15, 0.2) is 24.4 Å². The minimum absolute atomic E-state index is 0.248. The molecule has 0 radical (unpaired) electrons. The largest absolute Gasteiger partial charge is 0.294 e. The van der Waals surface area contributed by atoms with Crippen LogP contribution in [-0.4, -0.2) is 34.8 Å². The summed E-state index contributed by atoms with van der Waals surface area (Å²) in [6.07, 6.45) is 1.70. The third kappa shape index (κ3) is 2.60. The molecule has 0 aliphatic carbocycles. The Balaban J connectivity index is 2.00. The predicted octanol–water partition coefficient (Wildman–Crippen LogP) is -0.460. The van der Waals surface area contributed by atoms with Crippen molar-refractivity contribution in [1.82, 2.24) is 15.2 Å². The summed E-state index contributed by atoms with van der Waals surface area (Å²) >= 11 is 0. The molecule has 5 heteroatoms. The van der Waals surface area contributed by atoms with Crippen molar-refractivity contribution in [2.45, 2.75) is 6.54 Å². The Bertz CT molecular complexity index is 362. The topological polar surface area (TPSA) is 62.3 Å². The van der Waals surface area contributed by atoms with Crippen LogP contribution in [0.1, 0.15) is 5.69 Å². The number of rotatable bonds is 2. The van der Waals surface area contributed by atoms with Gasteiger partial charge in [0.2, 0.25) is 11.8 Å².